The van der Waals surface area contributed by atoms with E-state index in [2.05, 4.69) is 0 Å². The molecule has 3 aromatic rings. The number of fused-ring (bicyclic) bond motifs is 2. The van der Waals surface area contributed by atoms with Gasteiger partial charge in [-0.05, 0) is 72.3 Å². The van der Waals surface area contributed by atoms with Crippen LogP contribution in [0, 0.1) is 0 Å². The van der Waals surface area contributed by atoms with Gasteiger partial charge < -0.3 is 9.84 Å². The topological polar surface area (TPSA) is 29.5 Å². The summed E-state index contributed by atoms with van der Waals surface area (Å²) in [6, 6.07) is 15.4. The number of hydrogen-bond acceptors (Lipinski definition) is 3. The van der Waals surface area contributed by atoms with Crippen molar-refractivity contribution in [1.29, 1.82) is 0 Å². The lowest BCUT2D eigenvalue weighted by Gasteiger charge is -2.32. The smallest absolute Gasteiger partial charge is 0.446 e. The fraction of sp³-hybridized carbons (Fsp3) is 0.182. The van der Waals surface area contributed by atoms with Crippen molar-refractivity contribution in [2.45, 2.75) is 29.9 Å². The summed E-state index contributed by atoms with van der Waals surface area (Å²) >= 11 is -0.167. The van der Waals surface area contributed by atoms with Crippen LogP contribution in [0.4, 0.5) is 13.2 Å². The molecule has 2 nitrogen and oxygen atoms in total. The molecule has 0 atom stereocenters. The summed E-state index contributed by atoms with van der Waals surface area (Å²) in [5, 5.41) is 12.4. The zero-order chi connectivity index (χ0) is 20.1. The molecule has 0 bridgehead atoms. The highest BCUT2D eigenvalue weighted by atomic mass is 32.2. The molecular weight excluding hydrogens is 385 g/mol. The van der Waals surface area contributed by atoms with Gasteiger partial charge in [0.05, 0.1) is 0 Å². The summed E-state index contributed by atoms with van der Waals surface area (Å²) in [7, 11) is 0. The molecule has 4 rings (SSSR count). The molecule has 1 N–H and O–H groups in total. The van der Waals surface area contributed by atoms with Crippen LogP contribution in [0.5, 0.6) is 11.5 Å². The third kappa shape index (κ3) is 3.56. The minimum absolute atomic E-state index is 0.0696. The predicted molar refractivity (Wildman–Crippen MR) is 106 cm³/mol. The molecular formula is C22H17F3O2S. The summed E-state index contributed by atoms with van der Waals surface area (Å²) in [6.07, 6.45) is 1.85. The van der Waals surface area contributed by atoms with Crippen LogP contribution in [0.15, 0.2) is 65.6 Å². The first-order chi connectivity index (χ1) is 13.1. The molecule has 0 unspecified atom stereocenters. The second-order valence-corrected chi connectivity index (χ2v) is 8.29. The van der Waals surface area contributed by atoms with Gasteiger partial charge >= 0.3 is 5.51 Å². The Bertz CT molecular complexity index is 1100. The number of ether oxygens (including phenoxy) is 1. The van der Waals surface area contributed by atoms with Crippen molar-refractivity contribution in [2.75, 3.05) is 0 Å². The van der Waals surface area contributed by atoms with Crippen molar-refractivity contribution in [3.8, 4) is 11.5 Å². The van der Waals surface area contributed by atoms with Gasteiger partial charge in [-0.15, -0.1) is 0 Å². The van der Waals surface area contributed by atoms with Gasteiger partial charge in [0.2, 0.25) is 0 Å². The molecule has 1 heterocycles. The number of alkyl halides is 3. The normalized spacial score (nSPS) is 15.7. The molecule has 0 amide bonds. The Balaban J connectivity index is 1.96. The zero-order valence-corrected chi connectivity index (χ0v) is 16.0. The first-order valence-electron chi connectivity index (χ1n) is 8.66. The highest BCUT2D eigenvalue weighted by Gasteiger charge is 2.32. The Kier molecular flexibility index (Phi) is 4.34. The van der Waals surface area contributed by atoms with Crippen molar-refractivity contribution < 1.29 is 23.0 Å². The summed E-state index contributed by atoms with van der Waals surface area (Å²) in [4.78, 5) is 0.0696. The number of halogens is 3. The minimum Gasteiger partial charge on any atom is -0.507 e. The minimum atomic E-state index is -4.38. The molecule has 0 aliphatic carbocycles. The third-order valence-corrected chi connectivity index (χ3v) is 5.24. The summed E-state index contributed by atoms with van der Waals surface area (Å²) in [5.41, 5.74) is -3.28. The molecule has 0 saturated carbocycles. The van der Waals surface area contributed by atoms with E-state index in [1.165, 1.54) is 12.1 Å². The molecule has 0 aromatic heterocycles. The fourth-order valence-electron chi connectivity index (χ4n) is 3.49. The maximum atomic E-state index is 12.9. The maximum absolute atomic E-state index is 12.9. The molecule has 1 aliphatic heterocycles. The number of hydrogen-bond donors (Lipinski definition) is 1. The lowest BCUT2D eigenvalue weighted by Crippen LogP contribution is -2.29. The first-order valence-corrected chi connectivity index (χ1v) is 9.48. The predicted octanol–water partition coefficient (Wildman–Crippen LogP) is 6.76. The number of rotatable bonds is 2. The van der Waals surface area contributed by atoms with Gasteiger partial charge in [-0.25, -0.2) is 0 Å². The average Bonchev–Trinajstić information content (AvgIpc) is 2.59. The lowest BCUT2D eigenvalue weighted by molar-refractivity contribution is -0.0328. The molecule has 0 fully saturated rings. The van der Waals surface area contributed by atoms with E-state index < -0.39 is 11.1 Å². The van der Waals surface area contributed by atoms with Crippen LogP contribution in [0.2, 0.25) is 0 Å². The quantitative estimate of drug-likeness (QED) is 0.480. The van der Waals surface area contributed by atoms with Gasteiger partial charge in [-0.2, -0.15) is 13.2 Å². The van der Waals surface area contributed by atoms with Crippen LogP contribution in [0.25, 0.3) is 16.3 Å². The van der Waals surface area contributed by atoms with E-state index in [0.29, 0.717) is 22.4 Å². The van der Waals surface area contributed by atoms with E-state index in [4.69, 9.17) is 4.74 Å². The summed E-state index contributed by atoms with van der Waals surface area (Å²) < 4.78 is 44.6. The third-order valence-electron chi connectivity index (χ3n) is 4.52. The highest BCUT2D eigenvalue weighted by molar-refractivity contribution is 8.00. The van der Waals surface area contributed by atoms with Crippen molar-refractivity contribution in [3.63, 3.8) is 0 Å². The van der Waals surface area contributed by atoms with Crippen molar-refractivity contribution >= 4 is 28.1 Å². The van der Waals surface area contributed by atoms with Crippen molar-refractivity contribution in [3.05, 3.63) is 71.8 Å². The highest BCUT2D eigenvalue weighted by Crippen LogP contribution is 2.47. The Morgan fingerprint density at radius 2 is 1.75 bits per heavy atom. The number of phenolic OH excluding ortho intramolecular Hbond substituents is 1. The molecule has 0 radical (unpaired) electrons. The van der Waals surface area contributed by atoms with Gasteiger partial charge in [-0.3, -0.25) is 0 Å². The van der Waals surface area contributed by atoms with Crippen molar-refractivity contribution in [2.24, 2.45) is 0 Å². The van der Waals surface area contributed by atoms with Gasteiger partial charge in [-0.1, -0.05) is 30.3 Å². The van der Waals surface area contributed by atoms with E-state index in [0.717, 1.165) is 10.8 Å². The standard InChI is InChI=1S/C22H17F3O2S/c1-21(2)12-17(20-15-6-4-3-5-13(15)7-9-18(20)26)16-11-14(28-22(23,24)25)8-10-19(16)27-21/h3-12,26H,1-2H3. The van der Waals surface area contributed by atoms with Crippen LogP contribution in [0.3, 0.4) is 0 Å². The van der Waals surface area contributed by atoms with E-state index in [1.807, 2.05) is 50.3 Å². The lowest BCUT2D eigenvalue weighted by atomic mass is 9.87. The van der Waals surface area contributed by atoms with E-state index in [1.54, 1.807) is 12.1 Å². The molecule has 1 aliphatic rings. The first kappa shape index (κ1) is 18.7. The number of thioether (sulfide) groups is 1. The van der Waals surface area contributed by atoms with E-state index in [-0.39, 0.29) is 22.4 Å². The van der Waals surface area contributed by atoms with Gasteiger partial charge in [0, 0.05) is 16.0 Å². The van der Waals surface area contributed by atoms with E-state index in [9.17, 15) is 18.3 Å². The maximum Gasteiger partial charge on any atom is 0.446 e. The van der Waals surface area contributed by atoms with Crippen LogP contribution >= 0.6 is 11.8 Å². The Hall–Kier alpha value is -2.60. The fourth-order valence-corrected chi connectivity index (χ4v) is 4.07. The molecule has 6 heteroatoms. The second-order valence-electron chi connectivity index (χ2n) is 7.15. The van der Waals surface area contributed by atoms with Gasteiger partial charge in [0.15, 0.2) is 0 Å². The van der Waals surface area contributed by atoms with Gasteiger partial charge in [0.1, 0.15) is 17.1 Å². The van der Waals surface area contributed by atoms with Crippen LogP contribution < -0.4 is 4.74 Å². The molecule has 3 aromatic carbocycles. The molecule has 144 valence electrons. The van der Waals surface area contributed by atoms with Gasteiger partial charge in [0.25, 0.3) is 0 Å². The van der Waals surface area contributed by atoms with Crippen LogP contribution in [0.1, 0.15) is 25.0 Å². The SMILES string of the molecule is CC1(C)C=C(c2c(O)ccc3ccccc23)c2cc(SC(F)(F)F)ccc2O1. The molecule has 0 spiro atoms. The Morgan fingerprint density at radius 1 is 1.00 bits per heavy atom. The number of phenols is 1. The molecule has 0 saturated heterocycles. The summed E-state index contributed by atoms with van der Waals surface area (Å²) in [6.45, 7) is 3.74. The van der Waals surface area contributed by atoms with Crippen LogP contribution in [-0.4, -0.2) is 16.2 Å². The zero-order valence-electron chi connectivity index (χ0n) is 15.2. The Morgan fingerprint density at radius 3 is 2.50 bits per heavy atom. The molecule has 28 heavy (non-hydrogen) atoms. The average molecular weight is 402 g/mol. The number of benzene rings is 3. The largest absolute Gasteiger partial charge is 0.507 e. The number of aromatic hydroxyl groups is 1. The Labute approximate surface area is 164 Å². The van der Waals surface area contributed by atoms with Crippen molar-refractivity contribution in [1.82, 2.24) is 0 Å². The van der Waals surface area contributed by atoms with Crippen LogP contribution in [-0.2, 0) is 0 Å². The van der Waals surface area contributed by atoms with E-state index >= 15 is 0 Å². The monoisotopic (exact) mass is 402 g/mol. The second kappa shape index (κ2) is 6.48. The summed E-state index contributed by atoms with van der Waals surface area (Å²) in [5.74, 6) is 0.559.